The molecule has 5 aromatic rings. The van der Waals surface area contributed by atoms with E-state index in [1.807, 2.05) is 36.5 Å². The molecule has 0 radical (unpaired) electrons. The van der Waals surface area contributed by atoms with Crippen molar-refractivity contribution in [3.8, 4) is 21.1 Å². The van der Waals surface area contributed by atoms with Crippen LogP contribution in [-0.4, -0.2) is 47.9 Å². The second kappa shape index (κ2) is 11.8. The lowest BCUT2D eigenvalue weighted by Gasteiger charge is -2.20. The van der Waals surface area contributed by atoms with Gasteiger partial charge in [0.1, 0.15) is 16.7 Å². The number of rotatable bonds is 10. The van der Waals surface area contributed by atoms with Gasteiger partial charge in [-0.1, -0.05) is 19.1 Å². The van der Waals surface area contributed by atoms with Gasteiger partial charge in [-0.05, 0) is 60.4 Å². The summed E-state index contributed by atoms with van der Waals surface area (Å²) in [5.74, 6) is 1.50. The number of fused-ring (bicyclic) bond motifs is 1. The molecule has 8 nitrogen and oxygen atoms in total. The smallest absolute Gasteiger partial charge is 0.142 e. The Kier molecular flexibility index (Phi) is 7.60. The van der Waals surface area contributed by atoms with E-state index in [9.17, 15) is 0 Å². The lowest BCUT2D eigenvalue weighted by Crippen LogP contribution is -2.25. The number of hydrogen-bond donors (Lipinski definition) is 0. The second-order valence-electron chi connectivity index (χ2n) is 9.60. The third-order valence-electron chi connectivity index (χ3n) is 6.74. The first-order valence-corrected chi connectivity index (χ1v) is 14.1. The lowest BCUT2D eigenvalue weighted by atomic mass is 10.1. The van der Waals surface area contributed by atoms with Crippen molar-refractivity contribution >= 4 is 17.0 Å². The van der Waals surface area contributed by atoms with Crippen LogP contribution in [0.25, 0.3) is 21.1 Å². The van der Waals surface area contributed by atoms with Crippen LogP contribution in [0.5, 0.6) is 0 Å². The fraction of sp³-hybridized carbons (Fsp3) is 0.267. The third-order valence-corrected chi connectivity index (χ3v) is 7.80. The van der Waals surface area contributed by atoms with E-state index < -0.39 is 0 Å². The molecule has 0 spiro atoms. The average molecular weight is 535 g/mol. The minimum Gasteiger partial charge on any atom is -0.371 e. The van der Waals surface area contributed by atoms with E-state index >= 15 is 0 Å². The van der Waals surface area contributed by atoms with Crippen molar-refractivity contribution in [3.63, 3.8) is 0 Å². The van der Waals surface area contributed by atoms with Gasteiger partial charge in [0, 0.05) is 56.3 Å². The number of thiazole rings is 1. The highest BCUT2D eigenvalue weighted by molar-refractivity contribution is 7.18. The molecular formula is C30H30N8S. The zero-order valence-electron chi connectivity index (χ0n) is 21.9. The van der Waals surface area contributed by atoms with Crippen molar-refractivity contribution in [1.82, 2.24) is 34.8 Å². The summed E-state index contributed by atoms with van der Waals surface area (Å²) in [6, 6.07) is 16.6. The van der Waals surface area contributed by atoms with Crippen LogP contribution in [0.2, 0.25) is 0 Å². The number of pyridine rings is 1. The largest absolute Gasteiger partial charge is 0.371 e. The number of anilines is 1. The molecule has 5 heterocycles. The van der Waals surface area contributed by atoms with Gasteiger partial charge in [0.15, 0.2) is 0 Å². The predicted molar refractivity (Wildman–Crippen MR) is 154 cm³/mol. The van der Waals surface area contributed by atoms with E-state index in [1.165, 1.54) is 23.2 Å². The van der Waals surface area contributed by atoms with Crippen LogP contribution in [-0.2, 0) is 26.1 Å². The molecule has 196 valence electrons. The van der Waals surface area contributed by atoms with Crippen LogP contribution < -0.4 is 4.90 Å². The SMILES string of the molecule is CCCN1CCc2cc(-c3cnc(-c4cccc(CN(Cc5ncccn5)Cc5ncccn5)n4)s3)ccc21. The van der Waals surface area contributed by atoms with Crippen molar-refractivity contribution in [2.45, 2.75) is 39.4 Å². The Bertz CT molecular complexity index is 1480. The van der Waals surface area contributed by atoms with Gasteiger partial charge in [-0.25, -0.2) is 29.9 Å². The fourth-order valence-electron chi connectivity index (χ4n) is 4.96. The second-order valence-corrected chi connectivity index (χ2v) is 10.6. The Morgan fingerprint density at radius 2 is 1.59 bits per heavy atom. The molecule has 0 atom stereocenters. The molecule has 0 bridgehead atoms. The van der Waals surface area contributed by atoms with Crippen molar-refractivity contribution < 1.29 is 0 Å². The standard InChI is InChI=1S/C30H30N8S/c1-2-15-38-16-10-22-17-23(8-9-26(22)38)27-18-35-30(39-27)25-7-3-6-24(36-25)19-37(20-28-31-11-4-12-32-28)21-29-33-13-5-14-34-29/h3-9,11-14,17-18H,2,10,15-16,19-21H2,1H3. The molecule has 6 rings (SSSR count). The van der Waals surface area contributed by atoms with Gasteiger partial charge in [0.2, 0.25) is 0 Å². The van der Waals surface area contributed by atoms with Gasteiger partial charge >= 0.3 is 0 Å². The van der Waals surface area contributed by atoms with E-state index in [-0.39, 0.29) is 0 Å². The first-order chi connectivity index (χ1) is 19.2. The highest BCUT2D eigenvalue weighted by Crippen LogP contribution is 2.36. The molecule has 0 amide bonds. The average Bonchev–Trinajstić information content (AvgIpc) is 3.62. The molecule has 0 aliphatic carbocycles. The van der Waals surface area contributed by atoms with Crippen LogP contribution in [0.4, 0.5) is 5.69 Å². The van der Waals surface area contributed by atoms with Crippen molar-refractivity contribution in [2.75, 3.05) is 18.0 Å². The number of hydrogen-bond acceptors (Lipinski definition) is 9. The van der Waals surface area contributed by atoms with E-state index in [0.29, 0.717) is 19.6 Å². The quantitative estimate of drug-likeness (QED) is 0.235. The zero-order valence-corrected chi connectivity index (χ0v) is 22.8. The molecule has 9 heteroatoms. The third kappa shape index (κ3) is 6.00. The molecule has 1 aromatic carbocycles. The molecule has 0 saturated carbocycles. The summed E-state index contributed by atoms with van der Waals surface area (Å²) in [4.78, 5) is 33.2. The van der Waals surface area contributed by atoms with Crippen molar-refractivity contribution in [1.29, 1.82) is 0 Å². The van der Waals surface area contributed by atoms with Gasteiger partial charge in [0.25, 0.3) is 0 Å². The van der Waals surface area contributed by atoms with Gasteiger partial charge in [0.05, 0.1) is 29.4 Å². The van der Waals surface area contributed by atoms with Crippen LogP contribution in [0.3, 0.4) is 0 Å². The first kappa shape index (κ1) is 25.2. The summed E-state index contributed by atoms with van der Waals surface area (Å²) in [5, 5.41) is 0.921. The molecule has 0 unspecified atom stereocenters. The van der Waals surface area contributed by atoms with E-state index in [1.54, 1.807) is 36.1 Å². The maximum Gasteiger partial charge on any atom is 0.142 e. The van der Waals surface area contributed by atoms with Gasteiger partial charge in [-0.15, -0.1) is 11.3 Å². The summed E-state index contributed by atoms with van der Waals surface area (Å²) < 4.78 is 0. The topological polar surface area (TPSA) is 83.8 Å². The van der Waals surface area contributed by atoms with Crippen molar-refractivity contribution in [2.24, 2.45) is 0 Å². The van der Waals surface area contributed by atoms with Gasteiger partial charge in [-0.2, -0.15) is 0 Å². The Balaban J connectivity index is 1.21. The maximum atomic E-state index is 4.98. The van der Waals surface area contributed by atoms with Gasteiger partial charge in [-0.3, -0.25) is 4.90 Å². The lowest BCUT2D eigenvalue weighted by molar-refractivity contribution is 0.232. The molecule has 4 aromatic heterocycles. The molecule has 39 heavy (non-hydrogen) atoms. The molecule has 1 aliphatic heterocycles. The minimum absolute atomic E-state index is 0.570. The number of aromatic nitrogens is 6. The molecular weight excluding hydrogens is 504 g/mol. The Morgan fingerprint density at radius 1 is 0.846 bits per heavy atom. The predicted octanol–water partition coefficient (Wildman–Crippen LogP) is 5.43. The fourth-order valence-corrected chi connectivity index (χ4v) is 5.84. The highest BCUT2D eigenvalue weighted by atomic mass is 32.1. The summed E-state index contributed by atoms with van der Waals surface area (Å²) in [6.07, 6.45) is 11.3. The normalized spacial score (nSPS) is 12.7. The zero-order chi connectivity index (χ0) is 26.4. The van der Waals surface area contributed by atoms with Crippen LogP contribution in [0.1, 0.15) is 36.3 Å². The highest BCUT2D eigenvalue weighted by Gasteiger charge is 2.19. The molecule has 1 aliphatic rings. The molecule has 0 N–H and O–H groups in total. The van der Waals surface area contributed by atoms with Crippen LogP contribution in [0, 0.1) is 0 Å². The minimum atomic E-state index is 0.570. The summed E-state index contributed by atoms with van der Waals surface area (Å²) in [7, 11) is 0. The van der Waals surface area contributed by atoms with E-state index in [0.717, 1.165) is 52.4 Å². The van der Waals surface area contributed by atoms with E-state index in [2.05, 4.69) is 54.9 Å². The Labute approximate surface area is 232 Å². The number of nitrogens with zero attached hydrogens (tertiary/aromatic N) is 8. The summed E-state index contributed by atoms with van der Waals surface area (Å²) >= 11 is 1.69. The summed E-state index contributed by atoms with van der Waals surface area (Å²) in [6.45, 7) is 6.22. The first-order valence-electron chi connectivity index (χ1n) is 13.3. The van der Waals surface area contributed by atoms with E-state index in [4.69, 9.17) is 9.97 Å². The Hall–Kier alpha value is -4.08. The maximum absolute atomic E-state index is 4.98. The Morgan fingerprint density at radius 3 is 2.31 bits per heavy atom. The monoisotopic (exact) mass is 534 g/mol. The molecule has 0 fully saturated rings. The van der Waals surface area contributed by atoms with Gasteiger partial charge < -0.3 is 4.90 Å². The van der Waals surface area contributed by atoms with Crippen LogP contribution >= 0.6 is 11.3 Å². The number of benzene rings is 1. The summed E-state index contributed by atoms with van der Waals surface area (Å²) in [5.41, 5.74) is 5.87. The molecule has 0 saturated heterocycles. The van der Waals surface area contributed by atoms with Crippen LogP contribution in [0.15, 0.2) is 79.5 Å². The van der Waals surface area contributed by atoms with Crippen molar-refractivity contribution in [3.05, 3.63) is 102 Å².